The predicted octanol–water partition coefficient (Wildman–Crippen LogP) is 6.47. The third kappa shape index (κ3) is 2.15. The minimum atomic E-state index is 0.0635. The Hall–Kier alpha value is -1.15. The van der Waals surface area contributed by atoms with Crippen molar-refractivity contribution in [3.05, 3.63) is 74.7 Å². The smallest absolute Gasteiger partial charge is 0.0640 e. The summed E-state index contributed by atoms with van der Waals surface area (Å²) in [6, 6.07) is 11.8. The van der Waals surface area contributed by atoms with Crippen molar-refractivity contribution in [1.82, 2.24) is 0 Å². The maximum absolute atomic E-state index is 6.44. The lowest BCUT2D eigenvalue weighted by atomic mass is 9.77. The number of hydrogen-bond acceptors (Lipinski definition) is 1. The number of rotatable bonds is 1. The third-order valence-electron chi connectivity index (χ3n) is 4.66. The third-order valence-corrected chi connectivity index (χ3v) is 5.63. The summed E-state index contributed by atoms with van der Waals surface area (Å²) in [6.45, 7) is 0. The molecule has 1 N–H and O–H groups in total. The topological polar surface area (TPSA) is 12.0 Å². The lowest BCUT2D eigenvalue weighted by Crippen LogP contribution is -2.29. The molecule has 0 bridgehead atoms. The Morgan fingerprint density at radius 2 is 1.59 bits per heavy atom. The van der Waals surface area contributed by atoms with E-state index in [1.54, 1.807) is 0 Å². The Morgan fingerprint density at radius 3 is 2.36 bits per heavy atom. The SMILES string of the molecule is Clc1cccc2c1N[C@@H](c1c(Cl)cccc1Cl)[C@H]1CC=C[C@@H]21. The summed E-state index contributed by atoms with van der Waals surface area (Å²) in [5, 5.41) is 5.73. The number of allylic oxidation sites excluding steroid dienone is 2. The average molecular weight is 351 g/mol. The molecule has 2 aliphatic rings. The molecule has 0 saturated heterocycles. The number of fused-ring (bicyclic) bond motifs is 3. The molecule has 0 amide bonds. The van der Waals surface area contributed by atoms with E-state index in [4.69, 9.17) is 34.8 Å². The fourth-order valence-electron chi connectivity index (χ4n) is 3.68. The highest BCUT2D eigenvalue weighted by Crippen LogP contribution is 2.53. The van der Waals surface area contributed by atoms with Crippen molar-refractivity contribution in [2.24, 2.45) is 5.92 Å². The highest BCUT2D eigenvalue weighted by molar-refractivity contribution is 6.36. The van der Waals surface area contributed by atoms with Crippen LogP contribution in [0.2, 0.25) is 15.1 Å². The van der Waals surface area contributed by atoms with E-state index in [0.717, 1.165) is 22.7 Å². The van der Waals surface area contributed by atoms with E-state index in [-0.39, 0.29) is 6.04 Å². The Balaban J connectivity index is 1.88. The van der Waals surface area contributed by atoms with Crippen LogP contribution < -0.4 is 5.32 Å². The Morgan fingerprint density at radius 1 is 0.909 bits per heavy atom. The Kier molecular flexibility index (Phi) is 3.60. The number of nitrogens with one attached hydrogen (secondary N) is 1. The van der Waals surface area contributed by atoms with Crippen LogP contribution in [0, 0.1) is 5.92 Å². The van der Waals surface area contributed by atoms with Crippen LogP contribution in [0.4, 0.5) is 5.69 Å². The summed E-state index contributed by atoms with van der Waals surface area (Å²) >= 11 is 19.3. The van der Waals surface area contributed by atoms with E-state index in [9.17, 15) is 0 Å². The Labute approximate surface area is 144 Å². The second-order valence-electron chi connectivity index (χ2n) is 5.81. The van der Waals surface area contributed by atoms with Crippen molar-refractivity contribution in [1.29, 1.82) is 0 Å². The molecule has 112 valence electrons. The fraction of sp³-hybridized carbons (Fsp3) is 0.222. The van der Waals surface area contributed by atoms with E-state index in [1.807, 2.05) is 30.3 Å². The van der Waals surface area contributed by atoms with Gasteiger partial charge in [0.15, 0.2) is 0 Å². The molecule has 1 aliphatic carbocycles. The first kappa shape index (κ1) is 14.4. The first-order valence-electron chi connectivity index (χ1n) is 7.32. The summed E-state index contributed by atoms with van der Waals surface area (Å²) < 4.78 is 0. The standard InChI is InChI=1S/C18H14Cl3N/c19-13-7-3-8-14(20)16(13)18-12-5-1-4-10(12)11-6-2-9-15(21)17(11)22-18/h1-4,6-10,12,18,22H,5H2/t10-,12-,18+/m0/s1. The molecule has 1 heterocycles. The predicted molar refractivity (Wildman–Crippen MR) is 94.3 cm³/mol. The van der Waals surface area contributed by atoms with Gasteiger partial charge in [-0.25, -0.2) is 0 Å². The molecule has 1 nitrogen and oxygen atoms in total. The van der Waals surface area contributed by atoms with Crippen molar-refractivity contribution in [2.45, 2.75) is 18.4 Å². The maximum Gasteiger partial charge on any atom is 0.0640 e. The molecule has 0 fully saturated rings. The molecule has 4 rings (SSSR count). The molecule has 1 aliphatic heterocycles. The van der Waals surface area contributed by atoms with Gasteiger partial charge in [-0.05, 0) is 36.1 Å². The van der Waals surface area contributed by atoms with Gasteiger partial charge in [-0.1, -0.05) is 65.2 Å². The molecule has 4 heteroatoms. The normalized spacial score (nSPS) is 25.5. The summed E-state index contributed by atoms with van der Waals surface area (Å²) in [4.78, 5) is 0. The van der Waals surface area contributed by atoms with Gasteiger partial charge in [-0.2, -0.15) is 0 Å². The number of anilines is 1. The van der Waals surface area contributed by atoms with Crippen molar-refractivity contribution >= 4 is 40.5 Å². The number of benzene rings is 2. The van der Waals surface area contributed by atoms with Gasteiger partial charge in [-0.3, -0.25) is 0 Å². The first-order valence-corrected chi connectivity index (χ1v) is 8.45. The average Bonchev–Trinajstić information content (AvgIpc) is 2.98. The van der Waals surface area contributed by atoms with Crippen LogP contribution in [0.25, 0.3) is 0 Å². The summed E-state index contributed by atoms with van der Waals surface area (Å²) in [5.74, 6) is 0.760. The van der Waals surface area contributed by atoms with E-state index >= 15 is 0 Å². The zero-order valence-corrected chi connectivity index (χ0v) is 14.0. The Bertz CT molecular complexity index is 749. The van der Waals surface area contributed by atoms with E-state index in [1.165, 1.54) is 5.56 Å². The van der Waals surface area contributed by atoms with Gasteiger partial charge < -0.3 is 5.32 Å². The van der Waals surface area contributed by atoms with Gasteiger partial charge in [0.2, 0.25) is 0 Å². The molecule has 22 heavy (non-hydrogen) atoms. The number of halogens is 3. The van der Waals surface area contributed by atoms with E-state index in [0.29, 0.717) is 21.9 Å². The fourth-order valence-corrected chi connectivity index (χ4v) is 4.55. The molecular weight excluding hydrogens is 337 g/mol. The van der Waals surface area contributed by atoms with Gasteiger partial charge in [0.25, 0.3) is 0 Å². The van der Waals surface area contributed by atoms with Crippen LogP contribution in [-0.4, -0.2) is 0 Å². The van der Waals surface area contributed by atoms with Gasteiger partial charge in [0, 0.05) is 21.5 Å². The van der Waals surface area contributed by atoms with Crippen molar-refractivity contribution in [2.75, 3.05) is 5.32 Å². The molecule has 0 radical (unpaired) electrons. The summed E-state index contributed by atoms with van der Waals surface area (Å²) in [7, 11) is 0. The molecule has 0 aromatic heterocycles. The quantitative estimate of drug-likeness (QED) is 0.581. The van der Waals surface area contributed by atoms with Crippen LogP contribution in [0.5, 0.6) is 0 Å². The minimum absolute atomic E-state index is 0.0635. The van der Waals surface area contributed by atoms with Crippen molar-refractivity contribution in [3.8, 4) is 0 Å². The van der Waals surface area contributed by atoms with Crippen LogP contribution in [0.1, 0.15) is 29.5 Å². The van der Waals surface area contributed by atoms with E-state index < -0.39 is 0 Å². The van der Waals surface area contributed by atoms with Crippen LogP contribution in [-0.2, 0) is 0 Å². The monoisotopic (exact) mass is 349 g/mol. The lowest BCUT2D eigenvalue weighted by Gasteiger charge is -2.38. The largest absolute Gasteiger partial charge is 0.376 e. The minimum Gasteiger partial charge on any atom is -0.376 e. The van der Waals surface area contributed by atoms with Crippen LogP contribution in [0.3, 0.4) is 0 Å². The van der Waals surface area contributed by atoms with Crippen molar-refractivity contribution in [3.63, 3.8) is 0 Å². The van der Waals surface area contributed by atoms with Gasteiger partial charge in [-0.15, -0.1) is 0 Å². The number of para-hydroxylation sites is 1. The van der Waals surface area contributed by atoms with Gasteiger partial charge >= 0.3 is 0 Å². The van der Waals surface area contributed by atoms with E-state index in [2.05, 4.69) is 23.5 Å². The second kappa shape index (κ2) is 5.49. The molecule has 3 atom stereocenters. The summed E-state index contributed by atoms with van der Waals surface area (Å²) in [5.41, 5.74) is 3.22. The molecule has 0 unspecified atom stereocenters. The maximum atomic E-state index is 6.44. The molecule has 0 saturated carbocycles. The number of hydrogen-bond donors (Lipinski definition) is 1. The lowest BCUT2D eigenvalue weighted by molar-refractivity contribution is 0.426. The van der Waals surface area contributed by atoms with Crippen molar-refractivity contribution < 1.29 is 0 Å². The molecular formula is C18H14Cl3N. The molecule has 2 aromatic carbocycles. The first-order chi connectivity index (χ1) is 10.7. The van der Waals surface area contributed by atoms with Crippen LogP contribution >= 0.6 is 34.8 Å². The molecule has 0 spiro atoms. The van der Waals surface area contributed by atoms with Gasteiger partial charge in [0.05, 0.1) is 16.8 Å². The van der Waals surface area contributed by atoms with Gasteiger partial charge in [0.1, 0.15) is 0 Å². The molecule has 2 aromatic rings. The zero-order valence-electron chi connectivity index (χ0n) is 11.7. The highest BCUT2D eigenvalue weighted by Gasteiger charge is 2.39. The zero-order chi connectivity index (χ0) is 15.3. The second-order valence-corrected chi connectivity index (χ2v) is 7.04. The summed E-state index contributed by atoms with van der Waals surface area (Å²) in [6.07, 6.45) is 5.53. The van der Waals surface area contributed by atoms with Crippen LogP contribution in [0.15, 0.2) is 48.6 Å². The highest BCUT2D eigenvalue weighted by atomic mass is 35.5.